The van der Waals surface area contributed by atoms with E-state index < -0.39 is 0 Å². The molecule has 0 saturated heterocycles. The summed E-state index contributed by atoms with van der Waals surface area (Å²) in [5, 5.41) is 8.58. The Balaban J connectivity index is 2.04. The Hall–Kier alpha value is -2.42. The Morgan fingerprint density at radius 2 is 1.31 bits per heavy atom. The van der Waals surface area contributed by atoms with Crippen LogP contribution in [0.15, 0.2) is 72.4 Å². The minimum atomic E-state index is 0.0197. The fraction of sp³-hybridized carbons (Fsp3) is 0.200. The van der Waals surface area contributed by atoms with Crippen molar-refractivity contribution < 1.29 is 0 Å². The van der Waals surface area contributed by atoms with E-state index in [1.807, 2.05) is 30.3 Å². The van der Waals surface area contributed by atoms with Crippen molar-refractivity contribution in [3.05, 3.63) is 99.2 Å². The average Bonchev–Trinajstić information content (AvgIpc) is 2.69. The van der Waals surface area contributed by atoms with E-state index in [4.69, 9.17) is 23.2 Å². The van der Waals surface area contributed by atoms with Crippen LogP contribution in [-0.2, 0) is 0 Å². The largest absolute Gasteiger partial charge is 0.377 e. The van der Waals surface area contributed by atoms with Gasteiger partial charge in [0.2, 0.25) is 0 Å². The SMILES string of the molecule is CC(Nc1c(C)cccc1Cl)=C(c1ccccc1)C(C)Nc1c(C)cccc1Cl. The summed E-state index contributed by atoms with van der Waals surface area (Å²) in [6, 6.07) is 22.3. The first-order valence-corrected chi connectivity index (χ1v) is 10.4. The van der Waals surface area contributed by atoms with Gasteiger partial charge in [-0.3, -0.25) is 0 Å². The molecule has 0 aliphatic heterocycles. The molecule has 0 aliphatic carbocycles. The summed E-state index contributed by atoms with van der Waals surface area (Å²) in [4.78, 5) is 0. The molecule has 0 spiro atoms. The van der Waals surface area contributed by atoms with Gasteiger partial charge in [-0.15, -0.1) is 0 Å². The molecule has 4 heteroatoms. The molecule has 0 amide bonds. The summed E-state index contributed by atoms with van der Waals surface area (Å²) < 4.78 is 0. The van der Waals surface area contributed by atoms with Crippen molar-refractivity contribution in [3.8, 4) is 0 Å². The summed E-state index contributed by atoms with van der Waals surface area (Å²) in [6.45, 7) is 8.35. The molecular weight excluding hydrogens is 399 g/mol. The smallest absolute Gasteiger partial charge is 0.0643 e. The van der Waals surface area contributed by atoms with E-state index in [0.717, 1.165) is 44.4 Å². The van der Waals surface area contributed by atoms with E-state index >= 15 is 0 Å². The Morgan fingerprint density at radius 3 is 1.86 bits per heavy atom. The van der Waals surface area contributed by atoms with Crippen molar-refractivity contribution in [3.63, 3.8) is 0 Å². The number of hydrogen-bond acceptors (Lipinski definition) is 2. The molecule has 1 unspecified atom stereocenters. The van der Waals surface area contributed by atoms with Gasteiger partial charge in [0.1, 0.15) is 0 Å². The van der Waals surface area contributed by atoms with Gasteiger partial charge >= 0.3 is 0 Å². The Kier molecular flexibility index (Phi) is 6.89. The zero-order valence-electron chi connectivity index (χ0n) is 17.2. The minimum absolute atomic E-state index is 0.0197. The standard InChI is InChI=1S/C25H26Cl2N2/c1-16-10-8-14-21(26)24(16)28-18(3)23(20-12-6-5-7-13-20)19(4)29-25-17(2)11-9-15-22(25)27/h5-15,18,28-29H,1-4H3. The van der Waals surface area contributed by atoms with Crippen LogP contribution in [0.1, 0.15) is 30.5 Å². The lowest BCUT2D eigenvalue weighted by Crippen LogP contribution is -2.21. The highest BCUT2D eigenvalue weighted by Gasteiger charge is 2.17. The van der Waals surface area contributed by atoms with E-state index in [0.29, 0.717) is 5.02 Å². The topological polar surface area (TPSA) is 24.1 Å². The van der Waals surface area contributed by atoms with Gasteiger partial charge in [-0.25, -0.2) is 0 Å². The van der Waals surface area contributed by atoms with Gasteiger partial charge in [-0.1, -0.05) is 77.8 Å². The van der Waals surface area contributed by atoms with E-state index in [1.54, 1.807) is 0 Å². The summed E-state index contributed by atoms with van der Waals surface area (Å²) in [6.07, 6.45) is 0. The molecule has 0 bridgehead atoms. The number of rotatable bonds is 6. The number of nitrogens with one attached hydrogen (secondary N) is 2. The highest BCUT2D eigenvalue weighted by Crippen LogP contribution is 2.33. The highest BCUT2D eigenvalue weighted by atomic mass is 35.5. The van der Waals surface area contributed by atoms with Crippen LogP contribution in [0.5, 0.6) is 0 Å². The maximum atomic E-state index is 6.46. The van der Waals surface area contributed by atoms with Gasteiger partial charge in [0.25, 0.3) is 0 Å². The van der Waals surface area contributed by atoms with Gasteiger partial charge in [0, 0.05) is 11.3 Å². The van der Waals surface area contributed by atoms with E-state index in [2.05, 4.69) is 74.7 Å². The summed E-state index contributed by atoms with van der Waals surface area (Å²) in [5.41, 5.74) is 7.45. The van der Waals surface area contributed by atoms with Crippen LogP contribution >= 0.6 is 23.2 Å². The molecule has 2 N–H and O–H groups in total. The van der Waals surface area contributed by atoms with Crippen molar-refractivity contribution in [2.24, 2.45) is 0 Å². The third-order valence-corrected chi connectivity index (χ3v) is 5.67. The van der Waals surface area contributed by atoms with Crippen molar-refractivity contribution in [1.29, 1.82) is 0 Å². The first-order chi connectivity index (χ1) is 13.9. The fourth-order valence-electron chi connectivity index (χ4n) is 3.56. The van der Waals surface area contributed by atoms with Crippen LogP contribution in [0.3, 0.4) is 0 Å². The maximum Gasteiger partial charge on any atom is 0.0643 e. The van der Waals surface area contributed by atoms with E-state index in [9.17, 15) is 0 Å². The average molecular weight is 425 g/mol. The lowest BCUT2D eigenvalue weighted by molar-refractivity contribution is 1.00. The molecule has 29 heavy (non-hydrogen) atoms. The lowest BCUT2D eigenvalue weighted by Gasteiger charge is -2.25. The number of aryl methyl sites for hydroxylation is 2. The lowest BCUT2D eigenvalue weighted by atomic mass is 9.96. The van der Waals surface area contributed by atoms with Crippen LogP contribution < -0.4 is 10.6 Å². The second-order valence-corrected chi connectivity index (χ2v) is 8.07. The van der Waals surface area contributed by atoms with E-state index in [-0.39, 0.29) is 6.04 Å². The van der Waals surface area contributed by atoms with Crippen LogP contribution in [0.25, 0.3) is 5.57 Å². The Bertz CT molecular complexity index is 986. The van der Waals surface area contributed by atoms with Gasteiger partial charge in [0.15, 0.2) is 0 Å². The Labute approximate surface area is 183 Å². The first-order valence-electron chi connectivity index (χ1n) is 9.68. The normalized spacial score (nSPS) is 12.9. The molecule has 0 aliphatic rings. The van der Waals surface area contributed by atoms with Crippen molar-refractivity contribution in [2.75, 3.05) is 10.6 Å². The van der Waals surface area contributed by atoms with Gasteiger partial charge in [0.05, 0.1) is 27.5 Å². The maximum absolute atomic E-state index is 6.46. The molecule has 0 fully saturated rings. The number of halogens is 2. The van der Waals surface area contributed by atoms with Crippen molar-refractivity contribution in [2.45, 2.75) is 33.7 Å². The first kappa shape index (κ1) is 21.3. The molecule has 3 aromatic carbocycles. The predicted molar refractivity (Wildman–Crippen MR) is 128 cm³/mol. The number of anilines is 2. The molecule has 0 radical (unpaired) electrons. The summed E-state index contributed by atoms with van der Waals surface area (Å²) in [5.74, 6) is 0. The van der Waals surface area contributed by atoms with Gasteiger partial charge in [-0.2, -0.15) is 0 Å². The highest BCUT2D eigenvalue weighted by molar-refractivity contribution is 6.33. The van der Waals surface area contributed by atoms with Crippen LogP contribution in [0.4, 0.5) is 11.4 Å². The van der Waals surface area contributed by atoms with Crippen LogP contribution in [0, 0.1) is 13.8 Å². The minimum Gasteiger partial charge on any atom is -0.377 e. The fourth-order valence-corrected chi connectivity index (χ4v) is 4.10. The van der Waals surface area contributed by atoms with Crippen molar-refractivity contribution >= 4 is 40.1 Å². The predicted octanol–water partition coefficient (Wildman–Crippen LogP) is 7.95. The summed E-state index contributed by atoms with van der Waals surface area (Å²) in [7, 11) is 0. The van der Waals surface area contributed by atoms with Gasteiger partial charge in [-0.05, 0) is 56.5 Å². The van der Waals surface area contributed by atoms with Crippen molar-refractivity contribution in [1.82, 2.24) is 0 Å². The molecule has 1 atom stereocenters. The van der Waals surface area contributed by atoms with Gasteiger partial charge < -0.3 is 10.6 Å². The van der Waals surface area contributed by atoms with E-state index in [1.165, 1.54) is 0 Å². The number of allylic oxidation sites excluding steroid dienone is 1. The van der Waals surface area contributed by atoms with Crippen LogP contribution in [0.2, 0.25) is 10.0 Å². The van der Waals surface area contributed by atoms with Crippen LogP contribution in [-0.4, -0.2) is 6.04 Å². The molecule has 0 saturated carbocycles. The second-order valence-electron chi connectivity index (χ2n) is 7.26. The number of benzene rings is 3. The third kappa shape index (κ3) is 4.95. The molecule has 3 aromatic rings. The monoisotopic (exact) mass is 424 g/mol. The molecule has 0 heterocycles. The molecule has 0 aromatic heterocycles. The third-order valence-electron chi connectivity index (χ3n) is 5.04. The molecular formula is C25H26Cl2N2. The zero-order chi connectivity index (χ0) is 21.0. The number of para-hydroxylation sites is 2. The molecule has 150 valence electrons. The quantitative estimate of drug-likeness (QED) is 0.419. The zero-order valence-corrected chi connectivity index (χ0v) is 18.7. The molecule has 3 rings (SSSR count). The summed E-state index contributed by atoms with van der Waals surface area (Å²) >= 11 is 12.9. The Morgan fingerprint density at radius 1 is 0.759 bits per heavy atom. The molecule has 2 nitrogen and oxygen atoms in total. The second kappa shape index (κ2) is 9.39. The number of hydrogen-bond donors (Lipinski definition) is 2.